The lowest BCUT2D eigenvalue weighted by Gasteiger charge is -2.18. The molecule has 1 atom stereocenters. The summed E-state index contributed by atoms with van der Waals surface area (Å²) in [7, 11) is 0. The maximum absolute atomic E-state index is 11.2. The van der Waals surface area contributed by atoms with Gasteiger partial charge in [0.1, 0.15) is 6.29 Å². The second-order valence-electron chi connectivity index (χ2n) is 3.14. The quantitative estimate of drug-likeness (QED) is 0.459. The van der Waals surface area contributed by atoms with Crippen molar-refractivity contribution < 1.29 is 9.59 Å². The molecule has 0 aromatic heterocycles. The molecular weight excluding hydrogens is 152 g/mol. The number of aldehydes is 1. The van der Waals surface area contributed by atoms with Crippen molar-refractivity contribution in [1.29, 1.82) is 0 Å². The van der Waals surface area contributed by atoms with E-state index in [-0.39, 0.29) is 11.7 Å². The Morgan fingerprint density at radius 2 is 2.42 bits per heavy atom. The molecule has 12 heavy (non-hydrogen) atoms. The molecule has 0 aliphatic heterocycles. The minimum absolute atomic E-state index is 0.0405. The molecule has 0 aromatic carbocycles. The third kappa shape index (κ3) is 1.70. The van der Waals surface area contributed by atoms with Crippen LogP contribution in [-0.4, -0.2) is 12.1 Å². The van der Waals surface area contributed by atoms with Gasteiger partial charge in [0.25, 0.3) is 0 Å². The van der Waals surface area contributed by atoms with Gasteiger partial charge in [-0.05, 0) is 30.4 Å². The normalized spacial score (nSPS) is 23.2. The van der Waals surface area contributed by atoms with E-state index in [2.05, 4.69) is 6.58 Å². The van der Waals surface area contributed by atoms with Crippen LogP contribution in [0.25, 0.3) is 0 Å². The van der Waals surface area contributed by atoms with Crippen molar-refractivity contribution in [2.24, 2.45) is 5.92 Å². The zero-order valence-corrected chi connectivity index (χ0v) is 7.17. The Labute approximate surface area is 72.0 Å². The van der Waals surface area contributed by atoms with Crippen LogP contribution in [0.15, 0.2) is 23.8 Å². The van der Waals surface area contributed by atoms with Crippen molar-refractivity contribution in [2.45, 2.75) is 19.8 Å². The second kappa shape index (κ2) is 3.48. The first-order valence-corrected chi connectivity index (χ1v) is 3.99. The number of carbonyl (C=O) groups is 2. The summed E-state index contributed by atoms with van der Waals surface area (Å²) >= 11 is 0. The molecule has 1 aliphatic rings. The van der Waals surface area contributed by atoms with Crippen molar-refractivity contribution >= 4 is 12.1 Å². The molecule has 0 N–H and O–H groups in total. The van der Waals surface area contributed by atoms with Gasteiger partial charge in [0.2, 0.25) is 0 Å². The highest BCUT2D eigenvalue weighted by molar-refractivity contribution is 5.96. The number of ketones is 1. The maximum atomic E-state index is 11.2. The van der Waals surface area contributed by atoms with E-state index in [0.29, 0.717) is 12.0 Å². The predicted octanol–water partition coefficient (Wildman–Crippen LogP) is 1.67. The largest absolute Gasteiger partial charge is 0.298 e. The molecule has 0 heterocycles. The fourth-order valence-electron chi connectivity index (χ4n) is 1.28. The Kier molecular flexibility index (Phi) is 2.58. The summed E-state index contributed by atoms with van der Waals surface area (Å²) < 4.78 is 0. The maximum Gasteiger partial charge on any atom is 0.158 e. The van der Waals surface area contributed by atoms with E-state index in [0.717, 1.165) is 18.3 Å². The molecule has 1 unspecified atom stereocenters. The van der Waals surface area contributed by atoms with E-state index in [4.69, 9.17) is 0 Å². The Morgan fingerprint density at radius 1 is 1.75 bits per heavy atom. The van der Waals surface area contributed by atoms with Gasteiger partial charge in [-0.2, -0.15) is 0 Å². The number of carbonyl (C=O) groups excluding carboxylic acids is 2. The number of hydrogen-bond acceptors (Lipinski definition) is 2. The fraction of sp³-hybridized carbons (Fsp3) is 0.400. The van der Waals surface area contributed by atoms with Crippen LogP contribution in [0, 0.1) is 5.92 Å². The van der Waals surface area contributed by atoms with Gasteiger partial charge in [-0.15, -0.1) is 0 Å². The van der Waals surface area contributed by atoms with Gasteiger partial charge in [0.05, 0.1) is 0 Å². The highest BCUT2D eigenvalue weighted by Crippen LogP contribution is 2.24. The first-order valence-electron chi connectivity index (χ1n) is 3.99. The molecule has 0 radical (unpaired) electrons. The average Bonchev–Trinajstić information content (AvgIpc) is 2.08. The Balaban J connectivity index is 2.71. The predicted molar refractivity (Wildman–Crippen MR) is 46.7 cm³/mol. The van der Waals surface area contributed by atoms with Crippen LogP contribution in [0.5, 0.6) is 0 Å². The molecule has 0 amide bonds. The zero-order valence-electron chi connectivity index (χ0n) is 7.17. The molecule has 0 spiro atoms. The Hall–Kier alpha value is -1.18. The van der Waals surface area contributed by atoms with Crippen LogP contribution in [0.4, 0.5) is 0 Å². The van der Waals surface area contributed by atoms with Crippen LogP contribution in [0.3, 0.4) is 0 Å². The molecule has 1 rings (SSSR count). The van der Waals surface area contributed by atoms with Gasteiger partial charge in [-0.25, -0.2) is 0 Å². The molecule has 1 aliphatic carbocycles. The first kappa shape index (κ1) is 8.91. The summed E-state index contributed by atoms with van der Waals surface area (Å²) in [6, 6.07) is 0. The highest BCUT2D eigenvalue weighted by atomic mass is 16.1. The van der Waals surface area contributed by atoms with Crippen molar-refractivity contribution in [3.63, 3.8) is 0 Å². The summed E-state index contributed by atoms with van der Waals surface area (Å²) in [5.74, 6) is 0.174. The average molecular weight is 164 g/mol. The van der Waals surface area contributed by atoms with Gasteiger partial charge in [0, 0.05) is 6.42 Å². The lowest BCUT2D eigenvalue weighted by atomic mass is 9.85. The Morgan fingerprint density at radius 3 is 2.92 bits per heavy atom. The van der Waals surface area contributed by atoms with Crippen LogP contribution < -0.4 is 0 Å². The number of rotatable bonds is 2. The summed E-state index contributed by atoms with van der Waals surface area (Å²) in [6.45, 7) is 5.41. The summed E-state index contributed by atoms with van der Waals surface area (Å²) in [4.78, 5) is 21.6. The van der Waals surface area contributed by atoms with E-state index in [1.165, 1.54) is 0 Å². The lowest BCUT2D eigenvalue weighted by molar-refractivity contribution is -0.116. The van der Waals surface area contributed by atoms with E-state index >= 15 is 0 Å². The number of Topliss-reactive ketones (excluding diaryl/α,β-unsaturated/α-hetero) is 1. The molecule has 2 nitrogen and oxygen atoms in total. The molecule has 64 valence electrons. The van der Waals surface area contributed by atoms with E-state index in [1.54, 1.807) is 0 Å². The van der Waals surface area contributed by atoms with Crippen LogP contribution in [-0.2, 0) is 9.59 Å². The van der Waals surface area contributed by atoms with Crippen molar-refractivity contribution in [2.75, 3.05) is 0 Å². The smallest absolute Gasteiger partial charge is 0.158 e. The van der Waals surface area contributed by atoms with Gasteiger partial charge < -0.3 is 0 Å². The Bertz CT molecular complexity index is 261. The molecule has 0 bridgehead atoms. The van der Waals surface area contributed by atoms with E-state index in [9.17, 15) is 9.59 Å². The molecular formula is C10H12O2. The molecule has 0 saturated heterocycles. The van der Waals surface area contributed by atoms with Crippen LogP contribution in [0.1, 0.15) is 19.8 Å². The molecule has 0 aromatic rings. The first-order chi connectivity index (χ1) is 5.65. The van der Waals surface area contributed by atoms with Gasteiger partial charge in [0.15, 0.2) is 5.78 Å². The van der Waals surface area contributed by atoms with Crippen LogP contribution >= 0.6 is 0 Å². The lowest BCUT2D eigenvalue weighted by Crippen LogP contribution is -2.16. The summed E-state index contributed by atoms with van der Waals surface area (Å²) in [6.07, 6.45) is 3.84. The minimum Gasteiger partial charge on any atom is -0.298 e. The SMILES string of the molecule is C=C(C=O)C1CC=C(C)C(=O)C1. The highest BCUT2D eigenvalue weighted by Gasteiger charge is 2.20. The summed E-state index contributed by atoms with van der Waals surface area (Å²) in [5.41, 5.74) is 1.34. The van der Waals surface area contributed by atoms with Crippen molar-refractivity contribution in [3.05, 3.63) is 23.8 Å². The summed E-state index contributed by atoms with van der Waals surface area (Å²) in [5, 5.41) is 0. The van der Waals surface area contributed by atoms with E-state index < -0.39 is 0 Å². The number of allylic oxidation sites excluding steroid dienone is 3. The van der Waals surface area contributed by atoms with Gasteiger partial charge in [-0.1, -0.05) is 12.7 Å². The van der Waals surface area contributed by atoms with Crippen molar-refractivity contribution in [1.82, 2.24) is 0 Å². The standard InChI is InChI=1S/C10H12O2/c1-7-3-4-9(5-10(7)12)8(2)6-11/h3,6,9H,2,4-5H2,1H3. The van der Waals surface area contributed by atoms with Crippen LogP contribution in [0.2, 0.25) is 0 Å². The number of hydrogen-bond donors (Lipinski definition) is 0. The van der Waals surface area contributed by atoms with Gasteiger partial charge >= 0.3 is 0 Å². The van der Waals surface area contributed by atoms with Crippen molar-refractivity contribution in [3.8, 4) is 0 Å². The molecule has 2 heteroatoms. The van der Waals surface area contributed by atoms with Gasteiger partial charge in [-0.3, -0.25) is 9.59 Å². The fourth-order valence-corrected chi connectivity index (χ4v) is 1.28. The topological polar surface area (TPSA) is 34.1 Å². The third-order valence-corrected chi connectivity index (χ3v) is 2.26. The second-order valence-corrected chi connectivity index (χ2v) is 3.14. The monoisotopic (exact) mass is 164 g/mol. The molecule has 0 fully saturated rings. The minimum atomic E-state index is 0.0405. The van der Waals surface area contributed by atoms with E-state index in [1.807, 2.05) is 13.0 Å². The zero-order chi connectivity index (χ0) is 9.14. The molecule has 0 saturated carbocycles. The third-order valence-electron chi connectivity index (χ3n) is 2.26.